The quantitative estimate of drug-likeness (QED) is 0.743. The summed E-state index contributed by atoms with van der Waals surface area (Å²) in [6.07, 6.45) is 1.18. The summed E-state index contributed by atoms with van der Waals surface area (Å²) in [7, 11) is 0. The van der Waals surface area contributed by atoms with Gasteiger partial charge < -0.3 is 4.98 Å². The highest BCUT2D eigenvalue weighted by atomic mass is 32.1. The van der Waals surface area contributed by atoms with Crippen LogP contribution in [-0.4, -0.2) is 4.98 Å². The Morgan fingerprint density at radius 2 is 1.94 bits per heavy atom. The molecule has 1 heterocycles. The molecule has 3 heteroatoms. The van der Waals surface area contributed by atoms with E-state index in [0.717, 1.165) is 9.65 Å². The summed E-state index contributed by atoms with van der Waals surface area (Å²) in [5.74, 6) is 0.631. The first-order valence-corrected chi connectivity index (χ1v) is 7.14. The minimum atomic E-state index is 0.631. The first-order chi connectivity index (χ1) is 8.11. The molecule has 0 spiro atoms. The minimum Gasteiger partial charge on any atom is -0.337 e. The van der Waals surface area contributed by atoms with E-state index in [4.69, 9.17) is 12.2 Å². The number of thiazole rings is 1. The molecule has 0 aliphatic carbocycles. The van der Waals surface area contributed by atoms with Gasteiger partial charge in [-0.3, -0.25) is 0 Å². The van der Waals surface area contributed by atoms with Gasteiger partial charge in [-0.2, -0.15) is 0 Å². The summed E-state index contributed by atoms with van der Waals surface area (Å²) in [6.45, 7) is 6.59. The molecule has 0 saturated heterocycles. The van der Waals surface area contributed by atoms with Crippen LogP contribution in [0.25, 0.3) is 11.3 Å². The maximum Gasteiger partial charge on any atom is 0.159 e. The van der Waals surface area contributed by atoms with Crippen molar-refractivity contribution in [1.29, 1.82) is 0 Å². The van der Waals surface area contributed by atoms with Crippen LogP contribution in [0.2, 0.25) is 0 Å². The maximum absolute atomic E-state index is 5.17. The lowest BCUT2D eigenvalue weighted by atomic mass is 9.97. The number of nitrogens with one attached hydrogen (secondary N) is 1. The summed E-state index contributed by atoms with van der Waals surface area (Å²) in [5.41, 5.74) is 3.79. The molecule has 0 saturated carbocycles. The monoisotopic (exact) mass is 263 g/mol. The zero-order valence-corrected chi connectivity index (χ0v) is 12.0. The lowest BCUT2D eigenvalue weighted by Crippen LogP contribution is -1.91. The molecule has 17 heavy (non-hydrogen) atoms. The van der Waals surface area contributed by atoms with Crippen LogP contribution in [0.1, 0.15) is 36.6 Å². The molecule has 0 aliphatic heterocycles. The average molecular weight is 263 g/mol. The fourth-order valence-electron chi connectivity index (χ4n) is 1.90. The second kappa shape index (κ2) is 5.15. The third-order valence-electron chi connectivity index (χ3n) is 3.21. The van der Waals surface area contributed by atoms with Gasteiger partial charge in [0.2, 0.25) is 0 Å². The molecular weight excluding hydrogens is 246 g/mol. The van der Waals surface area contributed by atoms with Gasteiger partial charge in [-0.1, -0.05) is 38.1 Å². The molecule has 0 amide bonds. The second-order valence-electron chi connectivity index (χ2n) is 4.38. The molecule has 1 N–H and O–H groups in total. The van der Waals surface area contributed by atoms with Crippen molar-refractivity contribution >= 4 is 23.6 Å². The van der Waals surface area contributed by atoms with Gasteiger partial charge in [0.1, 0.15) is 0 Å². The van der Waals surface area contributed by atoms with Gasteiger partial charge in [0, 0.05) is 4.88 Å². The van der Waals surface area contributed by atoms with Crippen molar-refractivity contribution in [2.24, 2.45) is 0 Å². The summed E-state index contributed by atoms with van der Waals surface area (Å²) in [6, 6.07) is 8.80. The van der Waals surface area contributed by atoms with Crippen LogP contribution in [-0.2, 0) is 0 Å². The summed E-state index contributed by atoms with van der Waals surface area (Å²) in [4.78, 5) is 4.51. The van der Waals surface area contributed by atoms with Crippen LogP contribution in [0, 0.1) is 10.9 Å². The average Bonchev–Trinajstić information content (AvgIpc) is 2.68. The Morgan fingerprint density at radius 3 is 2.41 bits per heavy atom. The molecule has 0 radical (unpaired) electrons. The minimum absolute atomic E-state index is 0.631. The van der Waals surface area contributed by atoms with Crippen LogP contribution in [0.5, 0.6) is 0 Å². The van der Waals surface area contributed by atoms with Gasteiger partial charge in [0.05, 0.1) is 5.69 Å². The van der Waals surface area contributed by atoms with Crippen molar-refractivity contribution in [3.8, 4) is 11.3 Å². The summed E-state index contributed by atoms with van der Waals surface area (Å²) < 4.78 is 0.850. The van der Waals surface area contributed by atoms with E-state index >= 15 is 0 Å². The predicted octanol–water partition coefficient (Wildman–Crippen LogP) is 5.29. The Labute approximate surface area is 112 Å². The van der Waals surface area contributed by atoms with Crippen molar-refractivity contribution in [3.05, 3.63) is 38.7 Å². The second-order valence-corrected chi connectivity index (χ2v) is 6.27. The van der Waals surface area contributed by atoms with E-state index in [-0.39, 0.29) is 0 Å². The van der Waals surface area contributed by atoms with E-state index in [1.807, 2.05) is 0 Å². The third-order valence-corrected chi connectivity index (χ3v) is 4.36. The Hall–Kier alpha value is -0.930. The standard InChI is InChI=1S/C14H17NS2/c1-4-9(2)11-5-7-12(8-6-11)13-10(3)17-14(16)15-13/h5-9H,4H2,1-3H3,(H,15,16). The highest BCUT2D eigenvalue weighted by Gasteiger charge is 2.06. The van der Waals surface area contributed by atoms with Gasteiger partial charge in [-0.05, 0) is 42.6 Å². The molecule has 0 aliphatic rings. The zero-order valence-electron chi connectivity index (χ0n) is 10.4. The van der Waals surface area contributed by atoms with Crippen molar-refractivity contribution in [3.63, 3.8) is 0 Å². The summed E-state index contributed by atoms with van der Waals surface area (Å²) >= 11 is 6.81. The number of aryl methyl sites for hydroxylation is 1. The van der Waals surface area contributed by atoms with Crippen molar-refractivity contribution in [1.82, 2.24) is 4.98 Å². The number of aromatic amines is 1. The molecule has 1 unspecified atom stereocenters. The maximum atomic E-state index is 5.17. The number of aromatic nitrogens is 1. The van der Waals surface area contributed by atoms with Crippen molar-refractivity contribution < 1.29 is 0 Å². The topological polar surface area (TPSA) is 15.8 Å². The van der Waals surface area contributed by atoms with Crippen LogP contribution in [0.3, 0.4) is 0 Å². The largest absolute Gasteiger partial charge is 0.337 e. The Kier molecular flexibility index (Phi) is 3.79. The lowest BCUT2D eigenvalue weighted by molar-refractivity contribution is 0.734. The number of hydrogen-bond donors (Lipinski definition) is 1. The number of hydrogen-bond acceptors (Lipinski definition) is 2. The molecule has 2 rings (SSSR count). The Balaban J connectivity index is 2.35. The molecule has 90 valence electrons. The fraction of sp³-hybridized carbons (Fsp3) is 0.357. The van der Waals surface area contributed by atoms with Gasteiger partial charge in [-0.25, -0.2) is 0 Å². The van der Waals surface area contributed by atoms with Gasteiger partial charge in [0.25, 0.3) is 0 Å². The van der Waals surface area contributed by atoms with E-state index in [9.17, 15) is 0 Å². The number of benzene rings is 1. The SMILES string of the molecule is CCC(C)c1ccc(-c2[nH]c(=S)sc2C)cc1. The van der Waals surface area contributed by atoms with Crippen molar-refractivity contribution in [2.45, 2.75) is 33.1 Å². The van der Waals surface area contributed by atoms with Gasteiger partial charge in [0.15, 0.2) is 3.95 Å². The summed E-state index contributed by atoms with van der Waals surface area (Å²) in [5, 5.41) is 0. The smallest absolute Gasteiger partial charge is 0.159 e. The highest BCUT2D eigenvalue weighted by molar-refractivity contribution is 7.73. The first kappa shape index (κ1) is 12.5. The van der Waals surface area contributed by atoms with Crippen LogP contribution in [0.4, 0.5) is 0 Å². The normalized spacial score (nSPS) is 12.6. The number of rotatable bonds is 3. The molecule has 1 aromatic heterocycles. The van der Waals surface area contributed by atoms with Crippen molar-refractivity contribution in [2.75, 3.05) is 0 Å². The van der Waals surface area contributed by atoms with E-state index in [2.05, 4.69) is 50.0 Å². The molecule has 0 bridgehead atoms. The highest BCUT2D eigenvalue weighted by Crippen LogP contribution is 2.27. The van der Waals surface area contributed by atoms with E-state index in [0.29, 0.717) is 5.92 Å². The van der Waals surface area contributed by atoms with Crippen LogP contribution in [0.15, 0.2) is 24.3 Å². The first-order valence-electron chi connectivity index (χ1n) is 5.92. The Morgan fingerprint density at radius 1 is 1.29 bits per heavy atom. The molecule has 1 aromatic carbocycles. The molecular formula is C14H17NS2. The van der Waals surface area contributed by atoms with Gasteiger partial charge >= 0.3 is 0 Å². The molecule has 1 atom stereocenters. The molecule has 0 fully saturated rings. The molecule has 2 aromatic rings. The molecule has 1 nitrogen and oxygen atoms in total. The van der Waals surface area contributed by atoms with Gasteiger partial charge in [-0.15, -0.1) is 11.3 Å². The fourth-order valence-corrected chi connectivity index (χ4v) is 3.07. The third kappa shape index (κ3) is 2.67. The van der Waals surface area contributed by atoms with E-state index in [1.165, 1.54) is 22.4 Å². The van der Waals surface area contributed by atoms with E-state index in [1.54, 1.807) is 11.3 Å². The van der Waals surface area contributed by atoms with E-state index < -0.39 is 0 Å². The lowest BCUT2D eigenvalue weighted by Gasteiger charge is -2.09. The predicted molar refractivity (Wildman–Crippen MR) is 78.4 cm³/mol. The van der Waals surface area contributed by atoms with Crippen LogP contribution >= 0.6 is 23.6 Å². The number of H-pyrrole nitrogens is 1. The zero-order chi connectivity index (χ0) is 12.4. The Bertz CT molecular complexity index is 548. The van der Waals surface area contributed by atoms with Crippen LogP contribution < -0.4 is 0 Å².